The summed E-state index contributed by atoms with van der Waals surface area (Å²) in [6, 6.07) is 5.90. The summed E-state index contributed by atoms with van der Waals surface area (Å²) in [5.74, 6) is 1.05. The first-order chi connectivity index (χ1) is 10.1. The van der Waals surface area contributed by atoms with E-state index in [1.807, 2.05) is 43.9 Å². The molecule has 1 unspecified atom stereocenters. The van der Waals surface area contributed by atoms with E-state index in [4.69, 9.17) is 9.47 Å². The molecule has 114 valence electrons. The van der Waals surface area contributed by atoms with Crippen molar-refractivity contribution in [2.75, 3.05) is 20.4 Å². The van der Waals surface area contributed by atoms with Gasteiger partial charge in [-0.1, -0.05) is 13.0 Å². The van der Waals surface area contributed by atoms with E-state index < -0.39 is 0 Å². The van der Waals surface area contributed by atoms with Crippen LogP contribution in [0.4, 0.5) is 0 Å². The van der Waals surface area contributed by atoms with Crippen LogP contribution >= 0.6 is 0 Å². The van der Waals surface area contributed by atoms with Crippen molar-refractivity contribution in [3.63, 3.8) is 0 Å². The highest BCUT2D eigenvalue weighted by molar-refractivity contribution is 5.91. The van der Waals surface area contributed by atoms with Gasteiger partial charge in [-0.15, -0.1) is 0 Å². The standard InChI is InChI=1S/C17H23NO3/c1-5-18-16(9-6-12(2)17(18)19)15-8-7-14(10-13(15)3)21-11-20-4/h7-10,12H,5-6,11H2,1-4H3. The number of hydrogen-bond donors (Lipinski definition) is 0. The minimum absolute atomic E-state index is 0.0679. The largest absolute Gasteiger partial charge is 0.468 e. The van der Waals surface area contributed by atoms with Gasteiger partial charge in [0, 0.05) is 30.8 Å². The van der Waals surface area contributed by atoms with Gasteiger partial charge in [0.15, 0.2) is 6.79 Å². The second kappa shape index (κ2) is 6.76. The molecule has 0 aromatic heterocycles. The van der Waals surface area contributed by atoms with Crippen molar-refractivity contribution in [1.29, 1.82) is 0 Å². The second-order valence-electron chi connectivity index (χ2n) is 5.34. The van der Waals surface area contributed by atoms with Crippen LogP contribution in [-0.4, -0.2) is 31.3 Å². The SMILES string of the molecule is CCN1C(=O)C(C)CC=C1c1ccc(OCOC)cc1C. The Labute approximate surface area is 126 Å². The summed E-state index contributed by atoms with van der Waals surface area (Å²) in [6.45, 7) is 6.95. The molecule has 1 aromatic rings. The zero-order valence-electron chi connectivity index (χ0n) is 13.2. The van der Waals surface area contributed by atoms with Crippen LogP contribution in [0.1, 0.15) is 31.4 Å². The van der Waals surface area contributed by atoms with Gasteiger partial charge < -0.3 is 14.4 Å². The Balaban J connectivity index is 2.30. The molecule has 0 N–H and O–H groups in total. The maximum atomic E-state index is 12.3. The molecule has 0 saturated carbocycles. The molecule has 0 aliphatic carbocycles. The van der Waals surface area contributed by atoms with Crippen molar-refractivity contribution < 1.29 is 14.3 Å². The number of hydrogen-bond acceptors (Lipinski definition) is 3. The molecule has 1 heterocycles. The molecular weight excluding hydrogens is 266 g/mol. The third-order valence-corrected chi connectivity index (χ3v) is 3.78. The normalized spacial score (nSPS) is 18.7. The van der Waals surface area contributed by atoms with Crippen LogP contribution < -0.4 is 4.74 Å². The molecule has 0 bridgehead atoms. The maximum Gasteiger partial charge on any atom is 0.230 e. The maximum absolute atomic E-state index is 12.3. The van der Waals surface area contributed by atoms with Gasteiger partial charge in [-0.05, 0) is 44.0 Å². The lowest BCUT2D eigenvalue weighted by molar-refractivity contribution is -0.131. The summed E-state index contributed by atoms with van der Waals surface area (Å²) in [6.07, 6.45) is 2.96. The molecule has 4 heteroatoms. The van der Waals surface area contributed by atoms with E-state index in [1.165, 1.54) is 0 Å². The van der Waals surface area contributed by atoms with Crippen molar-refractivity contribution in [1.82, 2.24) is 4.90 Å². The van der Waals surface area contributed by atoms with Crippen molar-refractivity contribution in [2.24, 2.45) is 5.92 Å². The van der Waals surface area contributed by atoms with Gasteiger partial charge in [-0.2, -0.15) is 0 Å². The second-order valence-corrected chi connectivity index (χ2v) is 5.34. The number of ether oxygens (including phenoxy) is 2. The number of aryl methyl sites for hydroxylation is 1. The first kappa shape index (κ1) is 15.6. The first-order valence-corrected chi connectivity index (χ1v) is 7.32. The van der Waals surface area contributed by atoms with Gasteiger partial charge >= 0.3 is 0 Å². The minimum atomic E-state index is 0.0679. The highest BCUT2D eigenvalue weighted by Crippen LogP contribution is 2.31. The number of methoxy groups -OCH3 is 1. The van der Waals surface area contributed by atoms with Gasteiger partial charge in [-0.3, -0.25) is 4.79 Å². The van der Waals surface area contributed by atoms with E-state index in [2.05, 4.69) is 6.08 Å². The summed E-state index contributed by atoms with van der Waals surface area (Å²) in [5, 5.41) is 0. The van der Waals surface area contributed by atoms with Crippen LogP contribution in [0.2, 0.25) is 0 Å². The van der Waals surface area contributed by atoms with E-state index in [-0.39, 0.29) is 18.6 Å². The fourth-order valence-corrected chi connectivity index (χ4v) is 2.61. The highest BCUT2D eigenvalue weighted by Gasteiger charge is 2.27. The molecule has 4 nitrogen and oxygen atoms in total. The number of benzene rings is 1. The third-order valence-electron chi connectivity index (χ3n) is 3.78. The number of amides is 1. The number of allylic oxidation sites excluding steroid dienone is 1. The molecular formula is C17H23NO3. The van der Waals surface area contributed by atoms with Crippen LogP contribution in [0.15, 0.2) is 24.3 Å². The molecule has 1 aromatic carbocycles. The third kappa shape index (κ3) is 3.27. The summed E-state index contributed by atoms with van der Waals surface area (Å²) >= 11 is 0. The van der Waals surface area contributed by atoms with E-state index >= 15 is 0 Å². The first-order valence-electron chi connectivity index (χ1n) is 7.32. The molecule has 2 rings (SSSR count). The van der Waals surface area contributed by atoms with Crippen molar-refractivity contribution in [2.45, 2.75) is 27.2 Å². The van der Waals surface area contributed by atoms with E-state index in [1.54, 1.807) is 7.11 Å². The highest BCUT2D eigenvalue weighted by atomic mass is 16.7. The molecule has 1 aliphatic rings. The van der Waals surface area contributed by atoms with Crippen LogP contribution in [0.25, 0.3) is 5.70 Å². The zero-order chi connectivity index (χ0) is 15.4. The predicted octanol–water partition coefficient (Wildman–Crippen LogP) is 3.21. The van der Waals surface area contributed by atoms with Crippen LogP contribution in [0, 0.1) is 12.8 Å². The lowest BCUT2D eigenvalue weighted by Gasteiger charge is -2.32. The molecule has 0 radical (unpaired) electrons. The van der Waals surface area contributed by atoms with Gasteiger partial charge in [0.2, 0.25) is 5.91 Å². The summed E-state index contributed by atoms with van der Waals surface area (Å²) in [7, 11) is 1.60. The number of nitrogens with zero attached hydrogens (tertiary/aromatic N) is 1. The Morgan fingerprint density at radius 1 is 1.38 bits per heavy atom. The summed E-state index contributed by atoms with van der Waals surface area (Å²) < 4.78 is 10.4. The molecule has 0 spiro atoms. The van der Waals surface area contributed by atoms with E-state index in [9.17, 15) is 4.79 Å². The quantitative estimate of drug-likeness (QED) is 0.781. The van der Waals surface area contributed by atoms with Crippen molar-refractivity contribution >= 4 is 11.6 Å². The van der Waals surface area contributed by atoms with E-state index in [0.29, 0.717) is 6.54 Å². The monoisotopic (exact) mass is 289 g/mol. The molecule has 1 atom stereocenters. The Morgan fingerprint density at radius 2 is 2.14 bits per heavy atom. The van der Waals surface area contributed by atoms with Gasteiger partial charge in [0.25, 0.3) is 0 Å². The fraction of sp³-hybridized carbons (Fsp3) is 0.471. The molecule has 0 saturated heterocycles. The topological polar surface area (TPSA) is 38.8 Å². The number of rotatable bonds is 5. The molecule has 21 heavy (non-hydrogen) atoms. The fourth-order valence-electron chi connectivity index (χ4n) is 2.61. The number of carbonyl (C=O) groups is 1. The van der Waals surface area contributed by atoms with Gasteiger partial charge in [0.1, 0.15) is 5.75 Å². The van der Waals surface area contributed by atoms with Crippen LogP contribution in [0.5, 0.6) is 5.75 Å². The van der Waals surface area contributed by atoms with Crippen molar-refractivity contribution in [3.05, 3.63) is 35.4 Å². The summed E-state index contributed by atoms with van der Waals surface area (Å²) in [4.78, 5) is 14.2. The smallest absolute Gasteiger partial charge is 0.230 e. The Bertz CT molecular complexity index is 551. The summed E-state index contributed by atoms with van der Waals surface area (Å²) in [5.41, 5.74) is 3.19. The average Bonchev–Trinajstić information content (AvgIpc) is 2.48. The van der Waals surface area contributed by atoms with Crippen LogP contribution in [0.3, 0.4) is 0 Å². The molecule has 1 aliphatic heterocycles. The van der Waals surface area contributed by atoms with Gasteiger partial charge in [0.05, 0.1) is 0 Å². The van der Waals surface area contributed by atoms with Crippen molar-refractivity contribution in [3.8, 4) is 5.75 Å². The molecule has 1 amide bonds. The predicted molar refractivity (Wildman–Crippen MR) is 82.8 cm³/mol. The Hall–Kier alpha value is -1.81. The molecule has 0 fully saturated rings. The average molecular weight is 289 g/mol. The Kier molecular flexibility index (Phi) is 5.02. The minimum Gasteiger partial charge on any atom is -0.468 e. The Morgan fingerprint density at radius 3 is 2.76 bits per heavy atom. The zero-order valence-corrected chi connectivity index (χ0v) is 13.2. The lowest BCUT2D eigenvalue weighted by atomic mass is 9.95. The van der Waals surface area contributed by atoms with E-state index in [0.717, 1.165) is 29.0 Å². The van der Waals surface area contributed by atoms with Crippen LogP contribution in [-0.2, 0) is 9.53 Å². The lowest BCUT2D eigenvalue weighted by Crippen LogP contribution is -2.36. The van der Waals surface area contributed by atoms with Gasteiger partial charge in [-0.25, -0.2) is 0 Å². The number of carbonyl (C=O) groups excluding carboxylic acids is 1.